The minimum atomic E-state index is -0.615. The summed E-state index contributed by atoms with van der Waals surface area (Å²) in [6.07, 6.45) is 4.42. The Hall–Kier alpha value is -1.06. The van der Waals surface area contributed by atoms with E-state index in [4.69, 9.17) is 9.47 Å². The first-order valence-corrected chi connectivity index (χ1v) is 6.95. The van der Waals surface area contributed by atoms with Crippen molar-refractivity contribution < 1.29 is 14.6 Å². The zero-order valence-corrected chi connectivity index (χ0v) is 12.1. The van der Waals surface area contributed by atoms with E-state index in [9.17, 15) is 5.11 Å². The molecule has 1 saturated carbocycles. The van der Waals surface area contributed by atoms with Gasteiger partial charge in [-0.05, 0) is 44.2 Å². The molecule has 106 valence electrons. The average Bonchev–Trinajstić information content (AvgIpc) is 2.39. The van der Waals surface area contributed by atoms with E-state index in [-0.39, 0.29) is 0 Å². The quantitative estimate of drug-likeness (QED) is 0.909. The van der Waals surface area contributed by atoms with Gasteiger partial charge in [0.1, 0.15) is 5.75 Å². The molecule has 3 nitrogen and oxygen atoms in total. The van der Waals surface area contributed by atoms with Crippen LogP contribution in [-0.4, -0.2) is 31.0 Å². The van der Waals surface area contributed by atoms with Crippen LogP contribution in [0.25, 0.3) is 0 Å². The summed E-state index contributed by atoms with van der Waals surface area (Å²) in [4.78, 5) is 0. The molecule has 0 amide bonds. The van der Waals surface area contributed by atoms with Gasteiger partial charge in [0.05, 0.1) is 18.8 Å². The number of hydrogen-bond acceptors (Lipinski definition) is 3. The molecule has 0 saturated heterocycles. The van der Waals surface area contributed by atoms with Gasteiger partial charge in [0, 0.05) is 13.5 Å². The fourth-order valence-corrected chi connectivity index (χ4v) is 2.94. The molecule has 1 aromatic carbocycles. The fourth-order valence-electron chi connectivity index (χ4n) is 2.94. The smallest absolute Gasteiger partial charge is 0.122 e. The highest BCUT2D eigenvalue weighted by Crippen LogP contribution is 2.34. The SMILES string of the molecule is COc1ccc(C)cc1CC1(O)CCC(OC)CC1. The Bertz CT molecular complexity index is 420. The lowest BCUT2D eigenvalue weighted by molar-refractivity contribution is -0.0429. The molecular weight excluding hydrogens is 240 g/mol. The van der Waals surface area contributed by atoms with Gasteiger partial charge in [-0.3, -0.25) is 0 Å². The van der Waals surface area contributed by atoms with Crippen LogP contribution in [0.5, 0.6) is 5.75 Å². The summed E-state index contributed by atoms with van der Waals surface area (Å²) in [5.41, 5.74) is 1.68. The van der Waals surface area contributed by atoms with Crippen LogP contribution in [0.1, 0.15) is 36.8 Å². The number of hydrogen-bond donors (Lipinski definition) is 1. The molecule has 0 heterocycles. The lowest BCUT2D eigenvalue weighted by Crippen LogP contribution is -2.38. The maximum absolute atomic E-state index is 10.7. The van der Waals surface area contributed by atoms with Gasteiger partial charge in [0.25, 0.3) is 0 Å². The zero-order chi connectivity index (χ0) is 13.9. The summed E-state index contributed by atoms with van der Waals surface area (Å²) in [7, 11) is 3.43. The molecule has 0 unspecified atom stereocenters. The number of ether oxygens (including phenoxy) is 2. The van der Waals surface area contributed by atoms with E-state index in [1.165, 1.54) is 5.56 Å². The molecular formula is C16H24O3. The van der Waals surface area contributed by atoms with Crippen molar-refractivity contribution in [3.8, 4) is 5.75 Å². The van der Waals surface area contributed by atoms with Gasteiger partial charge < -0.3 is 14.6 Å². The minimum Gasteiger partial charge on any atom is -0.496 e. The molecule has 0 bridgehead atoms. The van der Waals surface area contributed by atoms with E-state index in [0.29, 0.717) is 12.5 Å². The van der Waals surface area contributed by atoms with Crippen molar-refractivity contribution in [3.05, 3.63) is 29.3 Å². The Morgan fingerprint density at radius 3 is 2.53 bits per heavy atom. The minimum absolute atomic E-state index is 0.305. The molecule has 1 fully saturated rings. The second kappa shape index (κ2) is 5.93. The summed E-state index contributed by atoms with van der Waals surface area (Å²) in [5.74, 6) is 0.868. The molecule has 1 aliphatic carbocycles. The van der Waals surface area contributed by atoms with Crippen molar-refractivity contribution in [2.45, 2.75) is 50.7 Å². The van der Waals surface area contributed by atoms with E-state index >= 15 is 0 Å². The third kappa shape index (κ3) is 3.48. The second-order valence-electron chi connectivity index (χ2n) is 5.65. The first-order chi connectivity index (χ1) is 9.06. The van der Waals surface area contributed by atoms with Crippen molar-refractivity contribution in [3.63, 3.8) is 0 Å². The van der Waals surface area contributed by atoms with E-state index in [1.807, 2.05) is 12.1 Å². The predicted octanol–water partition coefficient (Wildman–Crippen LogP) is 2.87. The Balaban J connectivity index is 2.10. The number of methoxy groups -OCH3 is 2. The number of rotatable bonds is 4. The first-order valence-electron chi connectivity index (χ1n) is 6.95. The van der Waals surface area contributed by atoms with Crippen molar-refractivity contribution in [2.75, 3.05) is 14.2 Å². The normalized spacial score (nSPS) is 27.3. The summed E-state index contributed by atoms with van der Waals surface area (Å²) < 4.78 is 10.8. The standard InChI is InChI=1S/C16H24O3/c1-12-4-5-15(19-3)13(10-12)11-16(17)8-6-14(18-2)7-9-16/h4-5,10,14,17H,6-9,11H2,1-3H3. The molecule has 1 aliphatic rings. The highest BCUT2D eigenvalue weighted by Gasteiger charge is 2.34. The molecule has 3 heteroatoms. The van der Waals surface area contributed by atoms with Crippen molar-refractivity contribution in [1.29, 1.82) is 0 Å². The molecule has 19 heavy (non-hydrogen) atoms. The van der Waals surface area contributed by atoms with E-state index in [1.54, 1.807) is 14.2 Å². The van der Waals surface area contributed by atoms with Crippen LogP contribution in [0, 0.1) is 6.92 Å². The number of aliphatic hydroxyl groups is 1. The third-order valence-corrected chi connectivity index (χ3v) is 4.15. The summed E-state index contributed by atoms with van der Waals surface area (Å²) in [6, 6.07) is 6.13. The van der Waals surface area contributed by atoms with Gasteiger partial charge >= 0.3 is 0 Å². The molecule has 0 atom stereocenters. The number of aryl methyl sites for hydroxylation is 1. The van der Waals surface area contributed by atoms with Gasteiger partial charge in [-0.1, -0.05) is 17.7 Å². The lowest BCUT2D eigenvalue weighted by atomic mass is 9.79. The summed E-state index contributed by atoms with van der Waals surface area (Å²) >= 11 is 0. The lowest BCUT2D eigenvalue weighted by Gasteiger charge is -2.36. The second-order valence-corrected chi connectivity index (χ2v) is 5.65. The topological polar surface area (TPSA) is 38.7 Å². The van der Waals surface area contributed by atoms with E-state index in [0.717, 1.165) is 37.0 Å². The molecule has 0 spiro atoms. The Kier molecular flexibility index (Phi) is 4.48. The van der Waals surface area contributed by atoms with Gasteiger partial charge in [0.15, 0.2) is 0 Å². The zero-order valence-electron chi connectivity index (χ0n) is 12.1. The van der Waals surface area contributed by atoms with Crippen LogP contribution < -0.4 is 4.74 Å². The summed E-state index contributed by atoms with van der Waals surface area (Å²) in [5, 5.41) is 10.7. The average molecular weight is 264 g/mol. The first kappa shape index (κ1) is 14.4. The van der Waals surface area contributed by atoms with Crippen LogP contribution in [0.3, 0.4) is 0 Å². The van der Waals surface area contributed by atoms with Crippen LogP contribution in [-0.2, 0) is 11.2 Å². The molecule has 0 aromatic heterocycles. The predicted molar refractivity (Wildman–Crippen MR) is 75.6 cm³/mol. The molecule has 1 aromatic rings. The Labute approximate surface area is 115 Å². The maximum atomic E-state index is 10.7. The van der Waals surface area contributed by atoms with Crippen LogP contribution in [0.4, 0.5) is 0 Å². The molecule has 0 aliphatic heterocycles. The van der Waals surface area contributed by atoms with Crippen LogP contribution >= 0.6 is 0 Å². The van der Waals surface area contributed by atoms with Gasteiger partial charge in [-0.2, -0.15) is 0 Å². The Morgan fingerprint density at radius 1 is 1.26 bits per heavy atom. The number of benzene rings is 1. The third-order valence-electron chi connectivity index (χ3n) is 4.15. The molecule has 0 radical (unpaired) electrons. The van der Waals surface area contributed by atoms with Gasteiger partial charge in [0.2, 0.25) is 0 Å². The Morgan fingerprint density at radius 2 is 1.95 bits per heavy atom. The van der Waals surface area contributed by atoms with Gasteiger partial charge in [-0.15, -0.1) is 0 Å². The van der Waals surface area contributed by atoms with Gasteiger partial charge in [-0.25, -0.2) is 0 Å². The highest BCUT2D eigenvalue weighted by atomic mass is 16.5. The van der Waals surface area contributed by atoms with Crippen LogP contribution in [0.15, 0.2) is 18.2 Å². The maximum Gasteiger partial charge on any atom is 0.122 e. The highest BCUT2D eigenvalue weighted by molar-refractivity contribution is 5.37. The van der Waals surface area contributed by atoms with Crippen LogP contribution in [0.2, 0.25) is 0 Å². The van der Waals surface area contributed by atoms with E-state index < -0.39 is 5.60 Å². The van der Waals surface area contributed by atoms with Crippen molar-refractivity contribution in [1.82, 2.24) is 0 Å². The molecule has 1 N–H and O–H groups in total. The monoisotopic (exact) mass is 264 g/mol. The largest absolute Gasteiger partial charge is 0.496 e. The molecule has 2 rings (SSSR count). The van der Waals surface area contributed by atoms with Crippen molar-refractivity contribution >= 4 is 0 Å². The van der Waals surface area contributed by atoms with E-state index in [2.05, 4.69) is 13.0 Å². The summed E-state index contributed by atoms with van der Waals surface area (Å²) in [6.45, 7) is 2.06. The van der Waals surface area contributed by atoms with Crippen molar-refractivity contribution in [2.24, 2.45) is 0 Å². The fraction of sp³-hybridized carbons (Fsp3) is 0.625.